The van der Waals surface area contributed by atoms with Crippen molar-refractivity contribution < 1.29 is 14.7 Å². The number of benzene rings is 2. The highest BCUT2D eigenvalue weighted by atomic mass is 16.6. The van der Waals surface area contributed by atoms with Crippen LogP contribution in [0.15, 0.2) is 53.7 Å². The number of hydrogen-bond donors (Lipinski definition) is 1. The van der Waals surface area contributed by atoms with Crippen molar-refractivity contribution in [3.63, 3.8) is 0 Å². The Hall–Kier alpha value is -2.82. The van der Waals surface area contributed by atoms with Gasteiger partial charge in [0.05, 0.1) is 5.71 Å². The predicted octanol–water partition coefficient (Wildman–Crippen LogP) is 4.25. The van der Waals surface area contributed by atoms with Gasteiger partial charge in [-0.1, -0.05) is 53.7 Å². The Morgan fingerprint density at radius 2 is 1.69 bits per heavy atom. The molecule has 0 saturated carbocycles. The maximum atomic E-state index is 12.5. The molecule has 1 N–H and O–H groups in total. The molecule has 4 rings (SSSR count). The van der Waals surface area contributed by atoms with E-state index in [9.17, 15) is 4.79 Å². The van der Waals surface area contributed by atoms with Crippen molar-refractivity contribution in [3.8, 4) is 11.1 Å². The standard InChI is InChI=1S/C21H22N2O3/c24-21(23-12-5-6-15(22-25)11-13-23)26-14-20-18-9-3-1-7-16(18)17-8-2-4-10-19(17)20/h1-4,7-10,20,25H,5-6,11-14H2/b22-15+. The molecular weight excluding hydrogens is 328 g/mol. The molecule has 1 fully saturated rings. The molecule has 2 aromatic carbocycles. The lowest BCUT2D eigenvalue weighted by molar-refractivity contribution is 0.101. The van der Waals surface area contributed by atoms with E-state index in [2.05, 4.69) is 29.4 Å². The second-order valence-corrected chi connectivity index (χ2v) is 6.81. The number of oxime groups is 1. The molecule has 26 heavy (non-hydrogen) atoms. The number of hydrogen-bond acceptors (Lipinski definition) is 4. The first-order valence-electron chi connectivity index (χ1n) is 9.07. The zero-order chi connectivity index (χ0) is 17.9. The van der Waals surface area contributed by atoms with E-state index >= 15 is 0 Å². The zero-order valence-corrected chi connectivity index (χ0v) is 14.6. The number of rotatable bonds is 2. The van der Waals surface area contributed by atoms with E-state index in [0.29, 0.717) is 26.1 Å². The fourth-order valence-electron chi connectivity index (χ4n) is 3.94. The van der Waals surface area contributed by atoms with E-state index < -0.39 is 0 Å². The van der Waals surface area contributed by atoms with Crippen molar-refractivity contribution in [1.82, 2.24) is 4.90 Å². The maximum Gasteiger partial charge on any atom is 0.409 e. The number of ether oxygens (including phenoxy) is 1. The molecule has 1 aliphatic heterocycles. The van der Waals surface area contributed by atoms with Crippen LogP contribution in [0.2, 0.25) is 0 Å². The Balaban J connectivity index is 1.47. The summed E-state index contributed by atoms with van der Waals surface area (Å²) in [6, 6.07) is 16.6. The van der Waals surface area contributed by atoms with E-state index in [1.54, 1.807) is 4.90 Å². The Morgan fingerprint density at radius 1 is 1.04 bits per heavy atom. The lowest BCUT2D eigenvalue weighted by atomic mass is 9.98. The number of carbonyl (C=O) groups is 1. The van der Waals surface area contributed by atoms with Crippen LogP contribution >= 0.6 is 0 Å². The number of nitrogens with zero attached hydrogens (tertiary/aromatic N) is 2. The first-order valence-corrected chi connectivity index (χ1v) is 9.07. The minimum absolute atomic E-state index is 0.0768. The van der Waals surface area contributed by atoms with Gasteiger partial charge < -0.3 is 14.8 Å². The van der Waals surface area contributed by atoms with Crippen LogP contribution < -0.4 is 0 Å². The Kier molecular flexibility index (Phi) is 4.61. The quantitative estimate of drug-likeness (QED) is 0.650. The first-order chi connectivity index (χ1) is 12.8. The normalized spacial score (nSPS) is 18.3. The van der Waals surface area contributed by atoms with Crippen LogP contribution in [0.3, 0.4) is 0 Å². The number of likely N-dealkylation sites (tertiary alicyclic amines) is 1. The molecule has 1 heterocycles. The summed E-state index contributed by atoms with van der Waals surface area (Å²) in [7, 11) is 0. The summed E-state index contributed by atoms with van der Waals surface area (Å²) in [5.41, 5.74) is 5.63. The van der Waals surface area contributed by atoms with Crippen molar-refractivity contribution in [3.05, 3.63) is 59.7 Å². The van der Waals surface area contributed by atoms with Crippen molar-refractivity contribution in [2.75, 3.05) is 19.7 Å². The molecule has 134 valence electrons. The molecule has 2 aromatic rings. The minimum atomic E-state index is -0.286. The number of amides is 1. The van der Waals surface area contributed by atoms with Gasteiger partial charge in [0.25, 0.3) is 0 Å². The molecule has 0 aromatic heterocycles. The van der Waals surface area contributed by atoms with Crippen LogP contribution in [0.4, 0.5) is 4.79 Å². The Bertz CT molecular complexity index is 801. The van der Waals surface area contributed by atoms with Crippen LogP contribution in [0.1, 0.15) is 36.3 Å². The van der Waals surface area contributed by atoms with E-state index in [-0.39, 0.29) is 12.0 Å². The monoisotopic (exact) mass is 350 g/mol. The summed E-state index contributed by atoms with van der Waals surface area (Å²) in [6.07, 6.45) is 1.83. The molecular formula is C21H22N2O3. The SMILES string of the molecule is O=C(OCC1c2ccccc2-c2ccccc21)N1CCC/C(=N\O)CC1. The van der Waals surface area contributed by atoms with Crippen molar-refractivity contribution in [2.45, 2.75) is 25.2 Å². The summed E-state index contributed by atoms with van der Waals surface area (Å²) in [5.74, 6) is 0.0768. The molecule has 2 aliphatic rings. The van der Waals surface area contributed by atoms with Crippen LogP contribution in [-0.4, -0.2) is 41.6 Å². The Labute approximate surface area is 152 Å². The van der Waals surface area contributed by atoms with Gasteiger partial charge in [0, 0.05) is 25.4 Å². The van der Waals surface area contributed by atoms with Crippen LogP contribution in [-0.2, 0) is 4.74 Å². The largest absolute Gasteiger partial charge is 0.448 e. The topological polar surface area (TPSA) is 62.1 Å². The van der Waals surface area contributed by atoms with Gasteiger partial charge in [-0.2, -0.15) is 0 Å². The number of carbonyl (C=O) groups excluding carboxylic acids is 1. The summed E-state index contributed by atoms with van der Waals surface area (Å²) in [4.78, 5) is 14.2. The second-order valence-electron chi connectivity index (χ2n) is 6.81. The van der Waals surface area contributed by atoms with Crippen LogP contribution in [0, 0.1) is 0 Å². The molecule has 0 bridgehead atoms. The summed E-state index contributed by atoms with van der Waals surface area (Å²) in [5, 5.41) is 12.2. The average molecular weight is 350 g/mol. The number of fused-ring (bicyclic) bond motifs is 3. The van der Waals surface area contributed by atoms with Crippen molar-refractivity contribution in [1.29, 1.82) is 0 Å². The molecule has 0 atom stereocenters. The highest BCUT2D eigenvalue weighted by Crippen LogP contribution is 2.44. The van der Waals surface area contributed by atoms with E-state index in [1.807, 2.05) is 24.3 Å². The lowest BCUT2D eigenvalue weighted by Gasteiger charge is -2.21. The van der Waals surface area contributed by atoms with Gasteiger partial charge in [-0.25, -0.2) is 4.79 Å². The molecule has 1 amide bonds. The van der Waals surface area contributed by atoms with E-state index in [4.69, 9.17) is 9.94 Å². The summed E-state index contributed by atoms with van der Waals surface area (Å²) < 4.78 is 5.69. The Morgan fingerprint density at radius 3 is 2.35 bits per heavy atom. The second kappa shape index (κ2) is 7.20. The third kappa shape index (κ3) is 3.05. The van der Waals surface area contributed by atoms with Gasteiger partial charge in [-0.3, -0.25) is 0 Å². The molecule has 1 saturated heterocycles. The molecule has 0 radical (unpaired) electrons. The highest BCUT2D eigenvalue weighted by Gasteiger charge is 2.29. The summed E-state index contributed by atoms with van der Waals surface area (Å²) >= 11 is 0. The third-order valence-electron chi connectivity index (χ3n) is 5.30. The fraction of sp³-hybridized carbons (Fsp3) is 0.333. The van der Waals surface area contributed by atoms with Crippen molar-refractivity contribution in [2.24, 2.45) is 5.16 Å². The lowest BCUT2D eigenvalue weighted by Crippen LogP contribution is -2.33. The van der Waals surface area contributed by atoms with E-state index in [0.717, 1.165) is 18.6 Å². The molecule has 5 nitrogen and oxygen atoms in total. The predicted molar refractivity (Wildman–Crippen MR) is 99.7 cm³/mol. The van der Waals surface area contributed by atoms with Crippen molar-refractivity contribution >= 4 is 11.8 Å². The van der Waals surface area contributed by atoms with Gasteiger partial charge in [0.15, 0.2) is 0 Å². The zero-order valence-electron chi connectivity index (χ0n) is 14.6. The average Bonchev–Trinajstić information content (AvgIpc) is 2.83. The van der Waals surface area contributed by atoms with Gasteiger partial charge in [0.1, 0.15) is 6.61 Å². The summed E-state index contributed by atoms with van der Waals surface area (Å²) in [6.45, 7) is 1.51. The fourth-order valence-corrected chi connectivity index (χ4v) is 3.94. The van der Waals surface area contributed by atoms with E-state index in [1.165, 1.54) is 22.3 Å². The van der Waals surface area contributed by atoms with Gasteiger partial charge >= 0.3 is 6.09 Å². The minimum Gasteiger partial charge on any atom is -0.448 e. The van der Waals surface area contributed by atoms with Gasteiger partial charge in [-0.05, 0) is 35.1 Å². The molecule has 0 unspecified atom stereocenters. The van der Waals surface area contributed by atoms with Gasteiger partial charge in [-0.15, -0.1) is 0 Å². The molecule has 1 aliphatic carbocycles. The van der Waals surface area contributed by atoms with Gasteiger partial charge in [0.2, 0.25) is 0 Å². The molecule has 5 heteroatoms. The van der Waals surface area contributed by atoms with Crippen LogP contribution in [0.25, 0.3) is 11.1 Å². The third-order valence-corrected chi connectivity index (χ3v) is 5.30. The smallest absolute Gasteiger partial charge is 0.409 e. The first kappa shape index (κ1) is 16.6. The van der Waals surface area contributed by atoms with Crippen LogP contribution in [0.5, 0.6) is 0 Å². The molecule has 0 spiro atoms. The highest BCUT2D eigenvalue weighted by molar-refractivity contribution is 5.85. The maximum absolute atomic E-state index is 12.5.